The minimum Gasteiger partial charge on any atom is -0.398 e. The molecule has 0 aliphatic heterocycles. The summed E-state index contributed by atoms with van der Waals surface area (Å²) in [5.74, 6) is -0.255. The third-order valence-corrected chi connectivity index (χ3v) is 3.15. The zero-order valence-electron chi connectivity index (χ0n) is 10.8. The molecule has 0 saturated carbocycles. The second-order valence-electron chi connectivity index (χ2n) is 4.26. The predicted octanol–water partition coefficient (Wildman–Crippen LogP) is 3.07. The summed E-state index contributed by atoms with van der Waals surface area (Å²) < 4.78 is 0. The molecule has 0 fully saturated rings. The Kier molecular flexibility index (Phi) is 3.92. The van der Waals surface area contributed by atoms with Gasteiger partial charge in [-0.15, -0.1) is 0 Å². The maximum atomic E-state index is 12.4. The van der Waals surface area contributed by atoms with E-state index in [4.69, 9.17) is 22.6 Å². The number of benzene rings is 2. The van der Waals surface area contributed by atoms with Crippen LogP contribution in [0.4, 0.5) is 11.4 Å². The zero-order chi connectivity index (χ0) is 14.7. The SMILES string of the molecule is CN(C(=O)c1ccc(Cl)cc1N)c1cccc(C#N)c1. The van der Waals surface area contributed by atoms with Gasteiger partial charge in [0.1, 0.15) is 0 Å². The first-order valence-electron chi connectivity index (χ1n) is 5.86. The number of halogens is 1. The van der Waals surface area contributed by atoms with E-state index in [1.807, 2.05) is 6.07 Å². The Morgan fingerprint density at radius 2 is 2.05 bits per heavy atom. The minimum absolute atomic E-state index is 0.255. The number of nitrogens with zero attached hydrogens (tertiary/aromatic N) is 2. The highest BCUT2D eigenvalue weighted by Crippen LogP contribution is 2.22. The van der Waals surface area contributed by atoms with Crippen LogP contribution in [0, 0.1) is 11.3 Å². The van der Waals surface area contributed by atoms with Gasteiger partial charge in [-0.3, -0.25) is 4.79 Å². The molecule has 2 aromatic rings. The van der Waals surface area contributed by atoms with E-state index in [1.54, 1.807) is 43.4 Å². The lowest BCUT2D eigenvalue weighted by atomic mass is 10.1. The van der Waals surface area contributed by atoms with Crippen molar-refractivity contribution in [3.05, 3.63) is 58.6 Å². The second kappa shape index (κ2) is 5.64. The Bertz CT molecular complexity index is 707. The van der Waals surface area contributed by atoms with Gasteiger partial charge in [-0.2, -0.15) is 5.26 Å². The van der Waals surface area contributed by atoms with Crippen molar-refractivity contribution in [2.24, 2.45) is 0 Å². The average Bonchev–Trinajstić information content (AvgIpc) is 2.46. The van der Waals surface area contributed by atoms with E-state index in [-0.39, 0.29) is 5.91 Å². The summed E-state index contributed by atoms with van der Waals surface area (Å²) in [4.78, 5) is 13.8. The first-order chi connectivity index (χ1) is 9.52. The Morgan fingerprint density at radius 1 is 1.30 bits per heavy atom. The fourth-order valence-electron chi connectivity index (χ4n) is 1.81. The summed E-state index contributed by atoms with van der Waals surface area (Å²) in [5, 5.41) is 9.37. The Hall–Kier alpha value is -2.51. The normalized spacial score (nSPS) is 9.85. The van der Waals surface area contributed by atoms with Crippen LogP contribution in [0.3, 0.4) is 0 Å². The number of hydrogen-bond donors (Lipinski definition) is 1. The standard InChI is InChI=1S/C15H12ClN3O/c1-19(12-4-2-3-10(7-12)9-17)15(20)13-6-5-11(16)8-14(13)18/h2-8H,18H2,1H3. The number of nitrogen functional groups attached to an aromatic ring is 1. The minimum atomic E-state index is -0.255. The number of anilines is 2. The average molecular weight is 286 g/mol. The molecule has 0 aromatic heterocycles. The van der Waals surface area contributed by atoms with Crippen molar-refractivity contribution >= 4 is 28.9 Å². The van der Waals surface area contributed by atoms with Gasteiger partial charge in [0.15, 0.2) is 0 Å². The molecule has 2 rings (SSSR count). The maximum absolute atomic E-state index is 12.4. The Morgan fingerprint density at radius 3 is 2.70 bits per heavy atom. The van der Waals surface area contributed by atoms with Crippen LogP contribution >= 0.6 is 11.6 Å². The molecule has 0 atom stereocenters. The molecule has 0 bridgehead atoms. The van der Waals surface area contributed by atoms with Crippen LogP contribution in [0.1, 0.15) is 15.9 Å². The highest BCUT2D eigenvalue weighted by Gasteiger charge is 2.16. The van der Waals surface area contributed by atoms with Crippen molar-refractivity contribution in [1.29, 1.82) is 5.26 Å². The molecule has 100 valence electrons. The number of carbonyl (C=O) groups is 1. The van der Waals surface area contributed by atoms with Gasteiger partial charge in [-0.25, -0.2) is 0 Å². The molecule has 0 radical (unpaired) electrons. The number of hydrogen-bond acceptors (Lipinski definition) is 3. The van der Waals surface area contributed by atoms with Crippen LogP contribution < -0.4 is 10.6 Å². The summed E-state index contributed by atoms with van der Waals surface area (Å²) in [7, 11) is 1.63. The topological polar surface area (TPSA) is 70.1 Å². The number of carbonyl (C=O) groups excluding carboxylic acids is 1. The molecule has 0 saturated heterocycles. The van der Waals surface area contributed by atoms with Gasteiger partial charge in [-0.05, 0) is 36.4 Å². The summed E-state index contributed by atoms with van der Waals surface area (Å²) in [5.41, 5.74) is 7.63. The fraction of sp³-hybridized carbons (Fsp3) is 0.0667. The smallest absolute Gasteiger partial charge is 0.260 e. The molecule has 0 heterocycles. The van der Waals surface area contributed by atoms with Crippen LogP contribution in [-0.2, 0) is 0 Å². The van der Waals surface area contributed by atoms with Gasteiger partial charge < -0.3 is 10.6 Å². The van der Waals surface area contributed by atoms with E-state index in [9.17, 15) is 4.79 Å². The first-order valence-corrected chi connectivity index (χ1v) is 6.24. The molecule has 0 aliphatic carbocycles. The second-order valence-corrected chi connectivity index (χ2v) is 4.69. The van der Waals surface area contributed by atoms with E-state index in [1.165, 1.54) is 11.0 Å². The van der Waals surface area contributed by atoms with Gasteiger partial charge in [0, 0.05) is 23.4 Å². The van der Waals surface area contributed by atoms with Crippen molar-refractivity contribution < 1.29 is 4.79 Å². The molecule has 20 heavy (non-hydrogen) atoms. The molecular formula is C15H12ClN3O. The quantitative estimate of drug-likeness (QED) is 0.862. The van der Waals surface area contributed by atoms with Crippen LogP contribution in [0.5, 0.6) is 0 Å². The first kappa shape index (κ1) is 13.9. The van der Waals surface area contributed by atoms with E-state index in [0.29, 0.717) is 27.5 Å². The van der Waals surface area contributed by atoms with Crippen LogP contribution in [0.25, 0.3) is 0 Å². The molecule has 5 heteroatoms. The van der Waals surface area contributed by atoms with Gasteiger partial charge in [0.25, 0.3) is 5.91 Å². The highest BCUT2D eigenvalue weighted by atomic mass is 35.5. The van der Waals surface area contributed by atoms with Gasteiger partial charge in [-0.1, -0.05) is 17.7 Å². The lowest BCUT2D eigenvalue weighted by Gasteiger charge is -2.18. The van der Waals surface area contributed by atoms with Gasteiger partial charge >= 0.3 is 0 Å². The molecule has 0 spiro atoms. The number of rotatable bonds is 2. The van der Waals surface area contributed by atoms with Crippen LogP contribution in [0.15, 0.2) is 42.5 Å². The lowest BCUT2D eigenvalue weighted by Crippen LogP contribution is -2.27. The van der Waals surface area contributed by atoms with Crippen molar-refractivity contribution in [3.8, 4) is 6.07 Å². The highest BCUT2D eigenvalue weighted by molar-refractivity contribution is 6.31. The van der Waals surface area contributed by atoms with E-state index in [0.717, 1.165) is 0 Å². The van der Waals surface area contributed by atoms with Crippen LogP contribution in [-0.4, -0.2) is 13.0 Å². The monoisotopic (exact) mass is 285 g/mol. The predicted molar refractivity (Wildman–Crippen MR) is 79.8 cm³/mol. The van der Waals surface area contributed by atoms with Crippen molar-refractivity contribution in [1.82, 2.24) is 0 Å². The molecule has 0 unspecified atom stereocenters. The molecule has 2 N–H and O–H groups in total. The Balaban J connectivity index is 2.35. The third-order valence-electron chi connectivity index (χ3n) is 2.91. The summed E-state index contributed by atoms with van der Waals surface area (Å²) in [6.07, 6.45) is 0. The third kappa shape index (κ3) is 2.73. The Labute approximate surface area is 122 Å². The van der Waals surface area contributed by atoms with E-state index < -0.39 is 0 Å². The summed E-state index contributed by atoms with van der Waals surface area (Å²) >= 11 is 5.82. The summed E-state index contributed by atoms with van der Waals surface area (Å²) in [6.45, 7) is 0. The van der Waals surface area contributed by atoms with E-state index >= 15 is 0 Å². The number of nitrogens with two attached hydrogens (primary N) is 1. The van der Waals surface area contributed by atoms with Gasteiger partial charge in [0.05, 0.1) is 17.2 Å². The van der Waals surface area contributed by atoms with Crippen LogP contribution in [0.2, 0.25) is 5.02 Å². The molecule has 4 nitrogen and oxygen atoms in total. The lowest BCUT2D eigenvalue weighted by molar-refractivity contribution is 0.0994. The molecule has 1 amide bonds. The van der Waals surface area contributed by atoms with Crippen molar-refractivity contribution in [2.45, 2.75) is 0 Å². The van der Waals surface area contributed by atoms with Crippen molar-refractivity contribution in [3.63, 3.8) is 0 Å². The largest absolute Gasteiger partial charge is 0.398 e. The summed E-state index contributed by atoms with van der Waals surface area (Å²) in [6, 6.07) is 13.6. The van der Waals surface area contributed by atoms with E-state index in [2.05, 4.69) is 0 Å². The fourth-order valence-corrected chi connectivity index (χ4v) is 1.99. The van der Waals surface area contributed by atoms with Crippen molar-refractivity contribution in [2.75, 3.05) is 17.7 Å². The zero-order valence-corrected chi connectivity index (χ0v) is 11.6. The number of amides is 1. The molecule has 0 aliphatic rings. The molecular weight excluding hydrogens is 274 g/mol. The maximum Gasteiger partial charge on any atom is 0.260 e. The molecule has 2 aromatic carbocycles. The van der Waals surface area contributed by atoms with Gasteiger partial charge in [0.2, 0.25) is 0 Å². The number of nitriles is 1.